The van der Waals surface area contributed by atoms with Crippen LogP contribution in [-0.4, -0.2) is 12.3 Å². The minimum absolute atomic E-state index is 0.320. The number of allylic oxidation sites excluding steroid dienone is 1. The first-order valence-electron chi connectivity index (χ1n) is 5.48. The van der Waals surface area contributed by atoms with Gasteiger partial charge in [0.25, 0.3) is 0 Å². The van der Waals surface area contributed by atoms with Crippen LogP contribution in [-0.2, 0) is 4.79 Å². The van der Waals surface area contributed by atoms with Crippen LogP contribution in [0, 0.1) is 5.92 Å². The lowest BCUT2D eigenvalue weighted by Gasteiger charge is -2.08. The molecule has 14 heavy (non-hydrogen) atoms. The molecule has 0 aromatic rings. The number of rotatable bonds is 8. The van der Waals surface area contributed by atoms with E-state index in [-0.39, 0.29) is 0 Å². The molecule has 0 bridgehead atoms. The Hall–Kier alpha value is -0.630. The third-order valence-corrected chi connectivity index (χ3v) is 2.52. The molecule has 0 saturated heterocycles. The zero-order valence-electron chi connectivity index (χ0n) is 9.51. The van der Waals surface area contributed by atoms with E-state index in [1.807, 2.05) is 6.92 Å². The second-order valence-electron chi connectivity index (χ2n) is 4.04. The maximum Gasteiger partial charge on any atom is 0.136 e. The van der Waals surface area contributed by atoms with Gasteiger partial charge in [0, 0.05) is 12.8 Å². The molecule has 1 atom stereocenters. The van der Waals surface area contributed by atoms with Crippen LogP contribution < -0.4 is 5.73 Å². The summed E-state index contributed by atoms with van der Waals surface area (Å²) in [7, 11) is 0. The van der Waals surface area contributed by atoms with Crippen LogP contribution in [0.5, 0.6) is 0 Å². The van der Waals surface area contributed by atoms with E-state index in [0.29, 0.717) is 24.5 Å². The molecule has 1 unspecified atom stereocenters. The van der Waals surface area contributed by atoms with Crippen molar-refractivity contribution in [1.29, 1.82) is 0 Å². The molecule has 2 N–H and O–H groups in total. The minimum atomic E-state index is 0.320. The highest BCUT2D eigenvalue weighted by Gasteiger charge is 2.07. The molecule has 0 aliphatic heterocycles. The second-order valence-corrected chi connectivity index (χ2v) is 4.04. The number of carbonyl (C=O) groups excluding carboxylic acids is 1. The Labute approximate surface area is 87.6 Å². The molecular formula is C12H23NO. The molecule has 2 heteroatoms. The zero-order valence-corrected chi connectivity index (χ0v) is 9.51. The van der Waals surface area contributed by atoms with Crippen LogP contribution >= 0.6 is 0 Å². The van der Waals surface area contributed by atoms with Gasteiger partial charge >= 0.3 is 0 Å². The third kappa shape index (κ3) is 6.84. The Balaban J connectivity index is 3.58. The molecule has 0 fully saturated rings. The van der Waals surface area contributed by atoms with E-state index >= 15 is 0 Å². The van der Waals surface area contributed by atoms with E-state index in [9.17, 15) is 4.79 Å². The Bertz CT molecular complexity index is 187. The van der Waals surface area contributed by atoms with Crippen molar-refractivity contribution in [1.82, 2.24) is 0 Å². The monoisotopic (exact) mass is 197 g/mol. The number of hydrogen-bond donors (Lipinski definition) is 1. The van der Waals surface area contributed by atoms with Gasteiger partial charge in [-0.2, -0.15) is 0 Å². The van der Waals surface area contributed by atoms with Gasteiger partial charge in [-0.3, -0.25) is 4.79 Å². The highest BCUT2D eigenvalue weighted by molar-refractivity contribution is 5.80. The fourth-order valence-electron chi connectivity index (χ4n) is 1.33. The molecule has 0 amide bonds. The normalized spacial score (nSPS) is 12.5. The first-order chi connectivity index (χ1) is 6.60. The van der Waals surface area contributed by atoms with Gasteiger partial charge in [0.05, 0.1) is 0 Å². The van der Waals surface area contributed by atoms with Crippen molar-refractivity contribution < 1.29 is 4.79 Å². The predicted octanol–water partition coefficient (Wildman–Crippen LogP) is 2.68. The van der Waals surface area contributed by atoms with Gasteiger partial charge in [-0.05, 0) is 31.7 Å². The lowest BCUT2D eigenvalue weighted by atomic mass is 9.97. The maximum atomic E-state index is 11.4. The van der Waals surface area contributed by atoms with E-state index in [2.05, 4.69) is 13.5 Å². The van der Waals surface area contributed by atoms with Crippen LogP contribution in [0.4, 0.5) is 0 Å². The fraction of sp³-hybridized carbons (Fsp3) is 0.750. The first-order valence-corrected chi connectivity index (χ1v) is 5.48. The molecule has 0 aromatic carbocycles. The summed E-state index contributed by atoms with van der Waals surface area (Å²) in [6.45, 7) is 8.74. The summed E-state index contributed by atoms with van der Waals surface area (Å²) in [5.41, 5.74) is 6.48. The van der Waals surface area contributed by atoms with Crippen LogP contribution in [0.3, 0.4) is 0 Å². The number of ketones is 1. The summed E-state index contributed by atoms with van der Waals surface area (Å²) in [5, 5.41) is 0. The van der Waals surface area contributed by atoms with Gasteiger partial charge in [0.1, 0.15) is 5.78 Å². The molecule has 0 radical (unpaired) electrons. The maximum absolute atomic E-state index is 11.4. The van der Waals surface area contributed by atoms with Crippen molar-refractivity contribution in [3.05, 3.63) is 12.2 Å². The van der Waals surface area contributed by atoms with Crippen molar-refractivity contribution in [3.63, 3.8) is 0 Å². The highest BCUT2D eigenvalue weighted by Crippen LogP contribution is 2.12. The molecule has 0 saturated carbocycles. The number of carbonyl (C=O) groups is 1. The van der Waals surface area contributed by atoms with Crippen molar-refractivity contribution in [2.75, 3.05) is 6.54 Å². The van der Waals surface area contributed by atoms with Crippen molar-refractivity contribution in [2.24, 2.45) is 11.7 Å². The summed E-state index contributed by atoms with van der Waals surface area (Å²) in [6.07, 6.45) is 4.13. The fourth-order valence-corrected chi connectivity index (χ4v) is 1.33. The summed E-state index contributed by atoms with van der Waals surface area (Å²) in [5.74, 6) is 0.888. The average Bonchev–Trinajstić information content (AvgIpc) is 2.15. The van der Waals surface area contributed by atoms with Gasteiger partial charge in [0.2, 0.25) is 0 Å². The molecule has 0 aliphatic carbocycles. The van der Waals surface area contributed by atoms with Crippen molar-refractivity contribution in [2.45, 2.75) is 46.0 Å². The Kier molecular flexibility index (Phi) is 7.40. The molecule has 2 nitrogen and oxygen atoms in total. The Morgan fingerprint density at radius 1 is 1.43 bits per heavy atom. The summed E-state index contributed by atoms with van der Waals surface area (Å²) >= 11 is 0. The van der Waals surface area contributed by atoms with E-state index in [1.54, 1.807) is 0 Å². The number of hydrogen-bond acceptors (Lipinski definition) is 2. The smallest absolute Gasteiger partial charge is 0.136 e. The van der Waals surface area contributed by atoms with Gasteiger partial charge in [-0.1, -0.05) is 26.0 Å². The Morgan fingerprint density at radius 3 is 2.57 bits per heavy atom. The topological polar surface area (TPSA) is 43.1 Å². The van der Waals surface area contributed by atoms with Crippen molar-refractivity contribution in [3.8, 4) is 0 Å². The number of Topliss-reactive ketones (excluding diaryl/α,β-unsaturated/α-hetero) is 1. The SMILES string of the molecule is C=C(CC)CC(=O)CCC(C)CCN. The summed E-state index contributed by atoms with van der Waals surface area (Å²) in [6, 6.07) is 0. The van der Waals surface area contributed by atoms with Crippen LogP contribution in [0.1, 0.15) is 46.0 Å². The molecule has 0 heterocycles. The van der Waals surface area contributed by atoms with E-state index < -0.39 is 0 Å². The van der Waals surface area contributed by atoms with Gasteiger partial charge in [-0.15, -0.1) is 0 Å². The standard InChI is InChI=1S/C12H23NO/c1-4-10(2)9-12(14)6-5-11(3)7-8-13/h11H,2,4-9,13H2,1,3H3. The lowest BCUT2D eigenvalue weighted by Crippen LogP contribution is -2.08. The summed E-state index contributed by atoms with van der Waals surface area (Å²) < 4.78 is 0. The van der Waals surface area contributed by atoms with Gasteiger partial charge < -0.3 is 5.73 Å². The van der Waals surface area contributed by atoms with Gasteiger partial charge in [0.15, 0.2) is 0 Å². The van der Waals surface area contributed by atoms with Crippen LogP contribution in [0.15, 0.2) is 12.2 Å². The predicted molar refractivity (Wildman–Crippen MR) is 61.1 cm³/mol. The van der Waals surface area contributed by atoms with Crippen molar-refractivity contribution >= 4 is 5.78 Å². The van der Waals surface area contributed by atoms with E-state index in [1.165, 1.54) is 0 Å². The molecular weight excluding hydrogens is 174 g/mol. The zero-order chi connectivity index (χ0) is 11.0. The lowest BCUT2D eigenvalue weighted by molar-refractivity contribution is -0.118. The molecule has 0 rings (SSSR count). The highest BCUT2D eigenvalue weighted by atomic mass is 16.1. The Morgan fingerprint density at radius 2 is 2.07 bits per heavy atom. The quantitative estimate of drug-likeness (QED) is 0.608. The van der Waals surface area contributed by atoms with E-state index in [4.69, 9.17) is 5.73 Å². The van der Waals surface area contributed by atoms with Gasteiger partial charge in [-0.25, -0.2) is 0 Å². The average molecular weight is 197 g/mol. The minimum Gasteiger partial charge on any atom is -0.330 e. The van der Waals surface area contributed by atoms with Crippen LogP contribution in [0.25, 0.3) is 0 Å². The number of nitrogens with two attached hydrogens (primary N) is 1. The molecule has 0 aromatic heterocycles. The summed E-state index contributed by atoms with van der Waals surface area (Å²) in [4.78, 5) is 11.4. The molecule has 82 valence electrons. The largest absolute Gasteiger partial charge is 0.330 e. The third-order valence-electron chi connectivity index (χ3n) is 2.52. The molecule has 0 aliphatic rings. The second kappa shape index (κ2) is 7.74. The van der Waals surface area contributed by atoms with Crippen LogP contribution in [0.2, 0.25) is 0 Å². The molecule has 0 spiro atoms. The van der Waals surface area contributed by atoms with E-state index in [0.717, 1.165) is 31.4 Å². The first kappa shape index (κ1) is 13.4.